The van der Waals surface area contributed by atoms with Gasteiger partial charge < -0.3 is 14.6 Å². The first kappa shape index (κ1) is 11.6. The normalized spacial score (nSPS) is 11.9. The Hall–Kier alpha value is -1.48. The maximum atomic E-state index is 9.85. The standard InChI is InChI=1S/C12H16O3/c1-4-5-11(13)10-8-9(14-2)6-7-12(10)15-3/h4,6-8,11,13H,1,5H2,2-3H3/t11-/m0/s1. The van der Waals surface area contributed by atoms with Crippen molar-refractivity contribution >= 4 is 0 Å². The zero-order valence-corrected chi connectivity index (χ0v) is 9.06. The van der Waals surface area contributed by atoms with Crippen LogP contribution in [0, 0.1) is 0 Å². The van der Waals surface area contributed by atoms with Gasteiger partial charge in [0.2, 0.25) is 0 Å². The van der Waals surface area contributed by atoms with Crippen molar-refractivity contribution in [3.05, 3.63) is 36.4 Å². The first-order valence-electron chi connectivity index (χ1n) is 4.73. The summed E-state index contributed by atoms with van der Waals surface area (Å²) in [6.07, 6.45) is 1.56. The van der Waals surface area contributed by atoms with Crippen molar-refractivity contribution in [3.8, 4) is 11.5 Å². The molecule has 0 aliphatic carbocycles. The molecule has 0 spiro atoms. The number of aliphatic hydroxyl groups is 1. The molecule has 1 atom stereocenters. The highest BCUT2D eigenvalue weighted by molar-refractivity contribution is 5.41. The molecule has 3 heteroatoms. The van der Waals surface area contributed by atoms with Gasteiger partial charge in [-0.1, -0.05) is 6.08 Å². The lowest BCUT2D eigenvalue weighted by molar-refractivity contribution is 0.176. The average Bonchev–Trinajstić information content (AvgIpc) is 2.28. The summed E-state index contributed by atoms with van der Waals surface area (Å²) in [4.78, 5) is 0. The Morgan fingerprint density at radius 1 is 1.40 bits per heavy atom. The van der Waals surface area contributed by atoms with Gasteiger partial charge in [0.15, 0.2) is 0 Å². The van der Waals surface area contributed by atoms with Gasteiger partial charge in [-0.05, 0) is 24.6 Å². The van der Waals surface area contributed by atoms with Crippen LogP contribution in [0.2, 0.25) is 0 Å². The summed E-state index contributed by atoms with van der Waals surface area (Å²) >= 11 is 0. The maximum absolute atomic E-state index is 9.85. The molecule has 0 amide bonds. The van der Waals surface area contributed by atoms with Gasteiger partial charge in [0.25, 0.3) is 0 Å². The van der Waals surface area contributed by atoms with E-state index in [4.69, 9.17) is 9.47 Å². The molecule has 1 aromatic rings. The molecule has 0 aliphatic rings. The van der Waals surface area contributed by atoms with Gasteiger partial charge in [0.1, 0.15) is 11.5 Å². The second kappa shape index (κ2) is 5.41. The summed E-state index contributed by atoms with van der Waals surface area (Å²) < 4.78 is 10.3. The third kappa shape index (κ3) is 2.73. The van der Waals surface area contributed by atoms with Crippen LogP contribution < -0.4 is 9.47 Å². The van der Waals surface area contributed by atoms with E-state index >= 15 is 0 Å². The van der Waals surface area contributed by atoms with E-state index in [-0.39, 0.29) is 0 Å². The Morgan fingerprint density at radius 2 is 2.13 bits per heavy atom. The molecule has 1 rings (SSSR count). The average molecular weight is 208 g/mol. The number of hydrogen-bond acceptors (Lipinski definition) is 3. The third-order valence-corrected chi connectivity index (χ3v) is 2.19. The van der Waals surface area contributed by atoms with E-state index in [1.807, 2.05) is 0 Å². The highest BCUT2D eigenvalue weighted by Crippen LogP contribution is 2.30. The molecule has 15 heavy (non-hydrogen) atoms. The van der Waals surface area contributed by atoms with Gasteiger partial charge in [-0.15, -0.1) is 6.58 Å². The van der Waals surface area contributed by atoms with E-state index < -0.39 is 6.10 Å². The van der Waals surface area contributed by atoms with Gasteiger partial charge >= 0.3 is 0 Å². The topological polar surface area (TPSA) is 38.7 Å². The number of ether oxygens (including phenoxy) is 2. The fourth-order valence-corrected chi connectivity index (χ4v) is 1.38. The quantitative estimate of drug-likeness (QED) is 0.755. The molecule has 0 saturated heterocycles. The molecule has 1 aromatic carbocycles. The lowest BCUT2D eigenvalue weighted by atomic mass is 10.1. The molecular formula is C12H16O3. The molecule has 0 aromatic heterocycles. The fraction of sp³-hybridized carbons (Fsp3) is 0.333. The molecule has 0 radical (unpaired) electrons. The van der Waals surface area contributed by atoms with E-state index in [1.165, 1.54) is 0 Å². The highest BCUT2D eigenvalue weighted by Gasteiger charge is 2.12. The molecule has 0 saturated carbocycles. The van der Waals surface area contributed by atoms with Crippen molar-refractivity contribution < 1.29 is 14.6 Å². The van der Waals surface area contributed by atoms with Gasteiger partial charge in [0.05, 0.1) is 20.3 Å². The third-order valence-electron chi connectivity index (χ3n) is 2.19. The SMILES string of the molecule is C=CC[C@H](O)c1cc(OC)ccc1OC. The number of hydrogen-bond donors (Lipinski definition) is 1. The van der Waals surface area contributed by atoms with E-state index in [0.29, 0.717) is 17.9 Å². The van der Waals surface area contributed by atoms with Crippen LogP contribution in [-0.4, -0.2) is 19.3 Å². The Balaban J connectivity index is 3.04. The summed E-state index contributed by atoms with van der Waals surface area (Å²) in [7, 11) is 3.16. The Bertz CT molecular complexity index is 334. The zero-order valence-electron chi connectivity index (χ0n) is 9.06. The van der Waals surface area contributed by atoms with Crippen molar-refractivity contribution in [2.75, 3.05) is 14.2 Å². The monoisotopic (exact) mass is 208 g/mol. The van der Waals surface area contributed by atoms with E-state index in [0.717, 1.165) is 5.56 Å². The predicted molar refractivity (Wildman–Crippen MR) is 59.3 cm³/mol. The number of rotatable bonds is 5. The molecule has 0 aliphatic heterocycles. The number of aliphatic hydroxyl groups excluding tert-OH is 1. The van der Waals surface area contributed by atoms with Crippen LogP contribution in [0.4, 0.5) is 0 Å². The first-order valence-corrected chi connectivity index (χ1v) is 4.73. The van der Waals surface area contributed by atoms with Crippen molar-refractivity contribution in [2.24, 2.45) is 0 Å². The minimum absolute atomic E-state index is 0.490. The van der Waals surface area contributed by atoms with Crippen molar-refractivity contribution in [3.63, 3.8) is 0 Å². The maximum Gasteiger partial charge on any atom is 0.124 e. The molecule has 0 bridgehead atoms. The minimum Gasteiger partial charge on any atom is -0.497 e. The molecule has 0 heterocycles. The summed E-state index contributed by atoms with van der Waals surface area (Å²) in [6.45, 7) is 3.59. The summed E-state index contributed by atoms with van der Waals surface area (Å²) in [5.41, 5.74) is 0.719. The first-order chi connectivity index (χ1) is 7.22. The number of methoxy groups -OCH3 is 2. The Morgan fingerprint density at radius 3 is 2.67 bits per heavy atom. The second-order valence-corrected chi connectivity index (χ2v) is 3.15. The van der Waals surface area contributed by atoms with Gasteiger partial charge in [-0.25, -0.2) is 0 Å². The van der Waals surface area contributed by atoms with Gasteiger partial charge in [0, 0.05) is 5.56 Å². The van der Waals surface area contributed by atoms with Crippen LogP contribution in [0.3, 0.4) is 0 Å². The highest BCUT2D eigenvalue weighted by atomic mass is 16.5. The molecule has 0 unspecified atom stereocenters. The van der Waals surface area contributed by atoms with Crippen molar-refractivity contribution in [2.45, 2.75) is 12.5 Å². The smallest absolute Gasteiger partial charge is 0.124 e. The van der Waals surface area contributed by atoms with Crippen molar-refractivity contribution in [1.29, 1.82) is 0 Å². The second-order valence-electron chi connectivity index (χ2n) is 3.15. The molecule has 0 fully saturated rings. The lowest BCUT2D eigenvalue weighted by Crippen LogP contribution is -2.00. The van der Waals surface area contributed by atoms with Crippen LogP contribution in [0.5, 0.6) is 11.5 Å². The Labute approximate surface area is 90.0 Å². The Kier molecular flexibility index (Phi) is 4.18. The summed E-state index contributed by atoms with van der Waals surface area (Å²) in [5.74, 6) is 1.36. The van der Waals surface area contributed by atoms with Crippen LogP contribution in [-0.2, 0) is 0 Å². The molecular weight excluding hydrogens is 192 g/mol. The van der Waals surface area contributed by atoms with E-state index in [2.05, 4.69) is 6.58 Å². The minimum atomic E-state index is -0.604. The summed E-state index contributed by atoms with van der Waals surface area (Å²) in [6, 6.07) is 5.34. The lowest BCUT2D eigenvalue weighted by Gasteiger charge is -2.14. The van der Waals surface area contributed by atoms with Crippen LogP contribution >= 0.6 is 0 Å². The molecule has 1 N–H and O–H groups in total. The van der Waals surface area contributed by atoms with E-state index in [1.54, 1.807) is 38.5 Å². The van der Waals surface area contributed by atoms with Gasteiger partial charge in [-0.2, -0.15) is 0 Å². The van der Waals surface area contributed by atoms with Crippen LogP contribution in [0.15, 0.2) is 30.9 Å². The zero-order chi connectivity index (χ0) is 11.3. The van der Waals surface area contributed by atoms with E-state index in [9.17, 15) is 5.11 Å². The largest absolute Gasteiger partial charge is 0.497 e. The predicted octanol–water partition coefficient (Wildman–Crippen LogP) is 2.31. The summed E-state index contributed by atoms with van der Waals surface area (Å²) in [5, 5.41) is 9.85. The van der Waals surface area contributed by atoms with Crippen LogP contribution in [0.25, 0.3) is 0 Å². The number of benzene rings is 1. The molecule has 3 nitrogen and oxygen atoms in total. The van der Waals surface area contributed by atoms with Crippen molar-refractivity contribution in [1.82, 2.24) is 0 Å². The fourth-order valence-electron chi connectivity index (χ4n) is 1.38. The van der Waals surface area contributed by atoms with Crippen LogP contribution in [0.1, 0.15) is 18.1 Å². The molecule has 82 valence electrons. The van der Waals surface area contributed by atoms with Gasteiger partial charge in [-0.3, -0.25) is 0 Å².